The molecule has 0 aromatic carbocycles. The maximum atomic E-state index is 12.9. The van der Waals surface area contributed by atoms with Crippen LogP contribution < -0.4 is 0 Å². The van der Waals surface area contributed by atoms with Crippen LogP contribution in [0.1, 0.15) is 232 Å². The van der Waals surface area contributed by atoms with E-state index in [1.54, 1.807) is 0 Å². The van der Waals surface area contributed by atoms with Gasteiger partial charge >= 0.3 is 11.9 Å². The number of unbranched alkanes of at least 4 members (excludes halogenated alkanes) is 27. The highest BCUT2D eigenvalue weighted by atomic mass is 32.2. The second-order valence-electron chi connectivity index (χ2n) is 18.5. The third kappa shape index (κ3) is 36.9. The van der Waals surface area contributed by atoms with Crippen molar-refractivity contribution in [1.29, 1.82) is 0 Å². The van der Waals surface area contributed by atoms with E-state index in [1.807, 2.05) is 0 Å². The Morgan fingerprint density at radius 2 is 0.909 bits per heavy atom. The van der Waals surface area contributed by atoms with E-state index in [0.717, 1.165) is 64.2 Å². The minimum absolute atomic E-state index is 0.163. The van der Waals surface area contributed by atoms with Gasteiger partial charge in [0.2, 0.25) is 0 Å². The summed E-state index contributed by atoms with van der Waals surface area (Å²) in [4.78, 5) is 25.5. The molecular weight excluding hydrogens is 861 g/mol. The zero-order chi connectivity index (χ0) is 48.4. The van der Waals surface area contributed by atoms with Crippen molar-refractivity contribution in [1.82, 2.24) is 0 Å². The third-order valence-electron chi connectivity index (χ3n) is 12.2. The molecule has 1 aliphatic heterocycles. The van der Waals surface area contributed by atoms with Crippen molar-refractivity contribution >= 4 is 22.1 Å². The lowest BCUT2D eigenvalue weighted by Gasteiger charge is -2.40. The summed E-state index contributed by atoms with van der Waals surface area (Å²) in [7, 11) is -4.61. The van der Waals surface area contributed by atoms with Gasteiger partial charge in [-0.15, -0.1) is 0 Å². The molecule has 2 unspecified atom stereocenters. The summed E-state index contributed by atoms with van der Waals surface area (Å²) >= 11 is 0. The average molecular weight is 957 g/mol. The van der Waals surface area contributed by atoms with Crippen LogP contribution in [0.15, 0.2) is 36.5 Å². The summed E-state index contributed by atoms with van der Waals surface area (Å²) in [6, 6.07) is 0. The van der Waals surface area contributed by atoms with Gasteiger partial charge < -0.3 is 34.3 Å². The number of esters is 2. The second-order valence-corrected chi connectivity index (χ2v) is 20.0. The lowest BCUT2D eigenvalue weighted by atomic mass is 10.00. The molecule has 13 heteroatoms. The smallest absolute Gasteiger partial charge is 0.306 e. The molecule has 0 amide bonds. The predicted molar refractivity (Wildman–Crippen MR) is 266 cm³/mol. The quantitative estimate of drug-likeness (QED) is 0.0196. The monoisotopic (exact) mass is 957 g/mol. The highest BCUT2D eigenvalue weighted by molar-refractivity contribution is 7.85. The molecular formula is C53H96O12S. The Balaban J connectivity index is 2.36. The first-order chi connectivity index (χ1) is 32.0. The lowest BCUT2D eigenvalue weighted by molar-refractivity contribution is -0.297. The molecule has 1 heterocycles. The van der Waals surface area contributed by atoms with Crippen molar-refractivity contribution in [2.45, 2.75) is 269 Å². The van der Waals surface area contributed by atoms with Crippen LogP contribution in [0.4, 0.5) is 0 Å². The fraction of sp³-hybridized carbons (Fsp3) is 0.849. The summed E-state index contributed by atoms with van der Waals surface area (Å²) in [5, 5.41) is 31.0. The number of aliphatic hydroxyl groups is 3. The number of carbonyl (C=O) groups is 2. The summed E-state index contributed by atoms with van der Waals surface area (Å²) in [6.07, 6.45) is 41.8. The Labute approximate surface area is 401 Å². The van der Waals surface area contributed by atoms with E-state index >= 15 is 0 Å². The summed E-state index contributed by atoms with van der Waals surface area (Å²) in [5.74, 6) is -2.00. The van der Waals surface area contributed by atoms with Crippen molar-refractivity contribution in [2.24, 2.45) is 0 Å². The molecule has 0 spiro atoms. The van der Waals surface area contributed by atoms with Gasteiger partial charge in [-0.1, -0.05) is 204 Å². The van der Waals surface area contributed by atoms with Gasteiger partial charge in [0.15, 0.2) is 12.4 Å². The van der Waals surface area contributed by atoms with Gasteiger partial charge in [-0.25, -0.2) is 0 Å². The van der Waals surface area contributed by atoms with Crippen LogP contribution in [0.25, 0.3) is 0 Å². The molecule has 1 aliphatic rings. The van der Waals surface area contributed by atoms with E-state index < -0.39 is 71.2 Å². The standard InChI is InChI=1S/C53H96O12S/c1-3-5-7-9-11-13-15-17-19-21-22-23-24-26-28-30-32-34-36-38-40-42-49(55)64-46(44-63-53-52(58)51(57)50(56)47(65-53)45-66(59,60)61)43-62-48(54)41-39-37-35-33-31-29-27-25-20-18-16-14-12-10-8-6-4-2/h12,14,18,20,27,29,46-47,50-53,56-58H,3-11,13,15-17,19,21-26,28,30-45H2,1-2H3,(H,59,60,61)/b14-12+,20-18+,29-27+/t46-,47-,50-,51?,52?,53+/m1/s1. The first-order valence-corrected chi connectivity index (χ1v) is 28.2. The molecule has 1 fully saturated rings. The molecule has 1 rings (SSSR count). The number of allylic oxidation sites excluding steroid dienone is 6. The maximum absolute atomic E-state index is 12.9. The summed E-state index contributed by atoms with van der Waals surface area (Å²) < 4.78 is 54.3. The molecule has 386 valence electrons. The topological polar surface area (TPSA) is 186 Å². The molecule has 0 radical (unpaired) electrons. The van der Waals surface area contributed by atoms with E-state index in [4.69, 9.17) is 18.9 Å². The van der Waals surface area contributed by atoms with Crippen LogP contribution >= 0.6 is 0 Å². The van der Waals surface area contributed by atoms with Crippen LogP contribution in [-0.4, -0.2) is 96.0 Å². The van der Waals surface area contributed by atoms with Crippen LogP contribution in [0.2, 0.25) is 0 Å². The zero-order valence-corrected chi connectivity index (χ0v) is 42.4. The van der Waals surface area contributed by atoms with Crippen molar-refractivity contribution < 1.29 is 56.8 Å². The minimum Gasteiger partial charge on any atom is -0.462 e. The molecule has 12 nitrogen and oxygen atoms in total. The van der Waals surface area contributed by atoms with Gasteiger partial charge in [0.25, 0.3) is 10.1 Å². The summed E-state index contributed by atoms with van der Waals surface area (Å²) in [6.45, 7) is 3.75. The first-order valence-electron chi connectivity index (χ1n) is 26.5. The maximum Gasteiger partial charge on any atom is 0.306 e. The molecule has 0 aromatic rings. The summed E-state index contributed by atoms with van der Waals surface area (Å²) in [5.41, 5.74) is 0. The molecule has 0 bridgehead atoms. The van der Waals surface area contributed by atoms with E-state index in [0.29, 0.717) is 12.8 Å². The van der Waals surface area contributed by atoms with E-state index in [2.05, 4.69) is 50.3 Å². The van der Waals surface area contributed by atoms with Crippen LogP contribution in [-0.2, 0) is 38.7 Å². The van der Waals surface area contributed by atoms with Gasteiger partial charge in [0, 0.05) is 12.8 Å². The average Bonchev–Trinajstić information content (AvgIpc) is 3.28. The normalized spacial score (nSPS) is 19.6. The SMILES string of the molecule is CCCCC/C=C/C/C=C/C/C=C/CCCCCCC(=O)OC[C@H](CO[C@H]1O[C@H](CS(=O)(=O)O)[C@@H](O)C(O)C1O)OC(=O)CCCCCCCCCCCCCCCCCCCCCCC. The predicted octanol–water partition coefficient (Wildman–Crippen LogP) is 12.1. The Morgan fingerprint density at radius 1 is 0.515 bits per heavy atom. The molecule has 0 aliphatic carbocycles. The van der Waals surface area contributed by atoms with Crippen LogP contribution in [0, 0.1) is 0 Å². The third-order valence-corrected chi connectivity index (χ3v) is 13.0. The highest BCUT2D eigenvalue weighted by Crippen LogP contribution is 2.24. The number of ether oxygens (including phenoxy) is 4. The fourth-order valence-electron chi connectivity index (χ4n) is 8.10. The number of aliphatic hydroxyl groups excluding tert-OH is 3. The van der Waals surface area contributed by atoms with E-state index in [9.17, 15) is 37.9 Å². The lowest BCUT2D eigenvalue weighted by Crippen LogP contribution is -2.60. The van der Waals surface area contributed by atoms with Crippen LogP contribution in [0.5, 0.6) is 0 Å². The number of rotatable bonds is 45. The van der Waals surface area contributed by atoms with Gasteiger partial charge in [-0.3, -0.25) is 14.1 Å². The Hall–Kier alpha value is -2.13. The van der Waals surface area contributed by atoms with Crippen molar-refractivity contribution in [2.75, 3.05) is 19.0 Å². The van der Waals surface area contributed by atoms with Gasteiger partial charge in [-0.05, 0) is 51.4 Å². The molecule has 0 saturated carbocycles. The Bertz CT molecular complexity index is 1350. The number of hydrogen-bond acceptors (Lipinski definition) is 11. The number of hydrogen-bond donors (Lipinski definition) is 4. The molecule has 66 heavy (non-hydrogen) atoms. The largest absolute Gasteiger partial charge is 0.462 e. The van der Waals surface area contributed by atoms with Crippen molar-refractivity contribution in [3.8, 4) is 0 Å². The van der Waals surface area contributed by atoms with Gasteiger partial charge in [0.05, 0.1) is 6.61 Å². The first kappa shape index (κ1) is 61.9. The second kappa shape index (κ2) is 42.9. The molecule has 6 atom stereocenters. The molecule has 1 saturated heterocycles. The fourth-order valence-corrected chi connectivity index (χ4v) is 8.79. The van der Waals surface area contributed by atoms with Gasteiger partial charge in [0.1, 0.15) is 36.8 Å². The Kier molecular flexibility index (Phi) is 40.3. The van der Waals surface area contributed by atoms with Crippen LogP contribution in [0.3, 0.4) is 0 Å². The van der Waals surface area contributed by atoms with Gasteiger partial charge in [-0.2, -0.15) is 8.42 Å². The Morgan fingerprint density at radius 3 is 1.38 bits per heavy atom. The number of carbonyl (C=O) groups excluding carboxylic acids is 2. The molecule has 4 N–H and O–H groups in total. The van der Waals surface area contributed by atoms with Crippen molar-refractivity contribution in [3.05, 3.63) is 36.5 Å². The molecule has 0 aromatic heterocycles. The highest BCUT2D eigenvalue weighted by Gasteiger charge is 2.46. The minimum atomic E-state index is -4.61. The zero-order valence-electron chi connectivity index (χ0n) is 41.6. The van der Waals surface area contributed by atoms with E-state index in [-0.39, 0.29) is 19.4 Å². The van der Waals surface area contributed by atoms with E-state index in [1.165, 1.54) is 128 Å². The van der Waals surface area contributed by atoms with Crippen molar-refractivity contribution in [3.63, 3.8) is 0 Å².